The number of carbonyl (C=O) groups is 1. The van der Waals surface area contributed by atoms with Crippen molar-refractivity contribution < 1.29 is 4.79 Å². The highest BCUT2D eigenvalue weighted by atomic mass is 79.9. The Kier molecular flexibility index (Phi) is 5.00. The van der Waals surface area contributed by atoms with Crippen LogP contribution < -0.4 is 5.73 Å². The summed E-state index contributed by atoms with van der Waals surface area (Å²) in [7, 11) is 0. The molecule has 1 atom stereocenters. The summed E-state index contributed by atoms with van der Waals surface area (Å²) in [5.74, 6) is 0.649. The molecule has 0 saturated heterocycles. The molecular formula is C13H18BrNO. The molecule has 0 amide bonds. The average Bonchev–Trinajstić information content (AvgIpc) is 2.22. The average molecular weight is 284 g/mol. The highest BCUT2D eigenvalue weighted by Crippen LogP contribution is 2.22. The van der Waals surface area contributed by atoms with Gasteiger partial charge in [-0.2, -0.15) is 0 Å². The quantitative estimate of drug-likeness (QED) is 0.655. The van der Waals surface area contributed by atoms with Crippen LogP contribution in [0.3, 0.4) is 0 Å². The molecule has 2 nitrogen and oxygen atoms in total. The van der Waals surface area contributed by atoms with Gasteiger partial charge in [0.25, 0.3) is 0 Å². The van der Waals surface area contributed by atoms with Gasteiger partial charge in [-0.1, -0.05) is 26.7 Å². The number of Topliss-reactive ketones (excluding diaryl/α,β-unsaturated/α-hetero) is 1. The van der Waals surface area contributed by atoms with E-state index in [1.807, 2.05) is 0 Å². The zero-order chi connectivity index (χ0) is 12.1. The maximum Gasteiger partial charge on any atom is 0.163 e. The summed E-state index contributed by atoms with van der Waals surface area (Å²) < 4.78 is 0.793. The van der Waals surface area contributed by atoms with Crippen molar-refractivity contribution in [1.82, 2.24) is 0 Å². The summed E-state index contributed by atoms with van der Waals surface area (Å²) in [4.78, 5) is 11.9. The Morgan fingerprint density at radius 3 is 2.75 bits per heavy atom. The standard InChI is InChI=1S/C13H18BrNO/c1-3-4-9(2)7-13(16)10-5-6-12(15)11(14)8-10/h5-6,8-9H,3-4,7,15H2,1-2H3. The fraction of sp³-hybridized carbons (Fsp3) is 0.462. The Morgan fingerprint density at radius 2 is 2.19 bits per heavy atom. The van der Waals surface area contributed by atoms with Crippen molar-refractivity contribution >= 4 is 27.4 Å². The summed E-state index contributed by atoms with van der Waals surface area (Å²) in [5, 5.41) is 0. The van der Waals surface area contributed by atoms with Gasteiger partial charge >= 0.3 is 0 Å². The van der Waals surface area contributed by atoms with E-state index in [4.69, 9.17) is 5.73 Å². The van der Waals surface area contributed by atoms with E-state index in [9.17, 15) is 4.79 Å². The van der Waals surface area contributed by atoms with Crippen molar-refractivity contribution in [3.05, 3.63) is 28.2 Å². The second-order valence-electron chi connectivity index (χ2n) is 4.26. The molecule has 0 aliphatic carbocycles. The maximum atomic E-state index is 11.9. The van der Waals surface area contributed by atoms with Crippen molar-refractivity contribution in [3.63, 3.8) is 0 Å². The normalized spacial score (nSPS) is 12.4. The number of halogens is 1. The molecular weight excluding hydrogens is 266 g/mol. The van der Waals surface area contributed by atoms with Gasteiger partial charge in [-0.05, 0) is 40.0 Å². The van der Waals surface area contributed by atoms with Crippen LogP contribution in [0.2, 0.25) is 0 Å². The first-order chi connectivity index (χ1) is 7.54. The van der Waals surface area contributed by atoms with Crippen LogP contribution >= 0.6 is 15.9 Å². The van der Waals surface area contributed by atoms with Gasteiger partial charge in [-0.3, -0.25) is 4.79 Å². The molecule has 0 bridgehead atoms. The highest BCUT2D eigenvalue weighted by Gasteiger charge is 2.11. The lowest BCUT2D eigenvalue weighted by molar-refractivity contribution is 0.0962. The molecule has 3 heteroatoms. The van der Waals surface area contributed by atoms with Gasteiger partial charge in [-0.25, -0.2) is 0 Å². The topological polar surface area (TPSA) is 43.1 Å². The number of hydrogen-bond acceptors (Lipinski definition) is 2. The van der Waals surface area contributed by atoms with Gasteiger partial charge in [0.15, 0.2) is 5.78 Å². The number of nitrogens with two attached hydrogens (primary N) is 1. The Morgan fingerprint density at radius 1 is 1.50 bits per heavy atom. The van der Waals surface area contributed by atoms with Crippen LogP contribution in [-0.2, 0) is 0 Å². The van der Waals surface area contributed by atoms with Crippen LogP contribution in [0.4, 0.5) is 5.69 Å². The number of ketones is 1. The van der Waals surface area contributed by atoms with Gasteiger partial charge in [0.1, 0.15) is 0 Å². The van der Waals surface area contributed by atoms with Crippen LogP contribution in [0.25, 0.3) is 0 Å². The third kappa shape index (κ3) is 3.63. The first-order valence-corrected chi connectivity index (χ1v) is 6.42. The number of rotatable bonds is 5. The van der Waals surface area contributed by atoms with Crippen molar-refractivity contribution in [3.8, 4) is 0 Å². The Bertz CT molecular complexity index is 376. The van der Waals surface area contributed by atoms with Crippen molar-refractivity contribution in [1.29, 1.82) is 0 Å². The molecule has 0 saturated carbocycles. The van der Waals surface area contributed by atoms with E-state index in [1.165, 1.54) is 0 Å². The second kappa shape index (κ2) is 6.04. The molecule has 1 aromatic rings. The zero-order valence-electron chi connectivity index (χ0n) is 9.79. The number of benzene rings is 1. The number of hydrogen-bond donors (Lipinski definition) is 1. The minimum Gasteiger partial charge on any atom is -0.398 e. The number of carbonyl (C=O) groups excluding carboxylic acids is 1. The number of nitrogen functional groups attached to an aromatic ring is 1. The van der Waals surface area contributed by atoms with Crippen LogP contribution in [0.15, 0.2) is 22.7 Å². The van der Waals surface area contributed by atoms with Crippen LogP contribution in [0, 0.1) is 5.92 Å². The molecule has 1 rings (SSSR count). The highest BCUT2D eigenvalue weighted by molar-refractivity contribution is 9.10. The summed E-state index contributed by atoms with van der Waals surface area (Å²) in [6.07, 6.45) is 2.84. The first kappa shape index (κ1) is 13.2. The molecule has 0 aliphatic heterocycles. The largest absolute Gasteiger partial charge is 0.398 e. The molecule has 0 aliphatic rings. The van der Waals surface area contributed by atoms with Gasteiger partial charge < -0.3 is 5.73 Å². The summed E-state index contributed by atoms with van der Waals surface area (Å²) in [6, 6.07) is 5.36. The van der Waals surface area contributed by atoms with Crippen LogP contribution in [0.1, 0.15) is 43.5 Å². The summed E-state index contributed by atoms with van der Waals surface area (Å²) in [6.45, 7) is 4.26. The summed E-state index contributed by atoms with van der Waals surface area (Å²) in [5.41, 5.74) is 7.08. The van der Waals surface area contributed by atoms with E-state index in [0.29, 0.717) is 18.0 Å². The molecule has 1 aromatic carbocycles. The minimum atomic E-state index is 0.196. The fourth-order valence-electron chi connectivity index (χ4n) is 1.73. The van der Waals surface area contributed by atoms with Crippen molar-refractivity contribution in [2.45, 2.75) is 33.1 Å². The maximum absolute atomic E-state index is 11.9. The second-order valence-corrected chi connectivity index (χ2v) is 5.11. The SMILES string of the molecule is CCCC(C)CC(=O)c1ccc(N)c(Br)c1. The Hall–Kier alpha value is -0.830. The van der Waals surface area contributed by atoms with Gasteiger partial charge in [0, 0.05) is 22.1 Å². The van der Waals surface area contributed by atoms with Crippen LogP contribution in [-0.4, -0.2) is 5.78 Å². The smallest absolute Gasteiger partial charge is 0.163 e. The number of anilines is 1. The minimum absolute atomic E-state index is 0.196. The van der Waals surface area contributed by atoms with E-state index in [1.54, 1.807) is 18.2 Å². The lowest BCUT2D eigenvalue weighted by Crippen LogP contribution is -2.06. The molecule has 2 N–H and O–H groups in total. The van der Waals surface area contributed by atoms with Crippen molar-refractivity contribution in [2.75, 3.05) is 5.73 Å². The third-order valence-electron chi connectivity index (χ3n) is 2.64. The van der Waals surface area contributed by atoms with E-state index in [0.717, 1.165) is 22.9 Å². The lowest BCUT2D eigenvalue weighted by Gasteiger charge is -2.09. The molecule has 0 aromatic heterocycles. The van der Waals surface area contributed by atoms with E-state index in [-0.39, 0.29) is 5.78 Å². The molecule has 0 fully saturated rings. The van der Waals surface area contributed by atoms with E-state index in [2.05, 4.69) is 29.8 Å². The predicted molar refractivity (Wildman–Crippen MR) is 71.6 cm³/mol. The monoisotopic (exact) mass is 283 g/mol. The molecule has 1 unspecified atom stereocenters. The van der Waals surface area contributed by atoms with E-state index >= 15 is 0 Å². The Balaban J connectivity index is 2.69. The third-order valence-corrected chi connectivity index (χ3v) is 3.32. The molecule has 88 valence electrons. The predicted octanol–water partition coefficient (Wildman–Crippen LogP) is 4.04. The molecule has 0 heterocycles. The van der Waals surface area contributed by atoms with E-state index < -0.39 is 0 Å². The fourth-order valence-corrected chi connectivity index (χ4v) is 2.11. The van der Waals surface area contributed by atoms with Gasteiger partial charge in [-0.15, -0.1) is 0 Å². The van der Waals surface area contributed by atoms with Crippen LogP contribution in [0.5, 0.6) is 0 Å². The molecule has 16 heavy (non-hydrogen) atoms. The lowest BCUT2D eigenvalue weighted by atomic mass is 9.96. The van der Waals surface area contributed by atoms with Gasteiger partial charge in [0.2, 0.25) is 0 Å². The first-order valence-electron chi connectivity index (χ1n) is 5.62. The van der Waals surface area contributed by atoms with Crippen molar-refractivity contribution in [2.24, 2.45) is 5.92 Å². The molecule has 0 radical (unpaired) electrons. The van der Waals surface area contributed by atoms with Gasteiger partial charge in [0.05, 0.1) is 0 Å². The molecule has 0 spiro atoms. The Labute approximate surface area is 105 Å². The summed E-state index contributed by atoms with van der Waals surface area (Å²) >= 11 is 3.33. The zero-order valence-corrected chi connectivity index (χ0v) is 11.4.